The second-order valence-electron chi connectivity index (χ2n) is 4.79. The first-order chi connectivity index (χ1) is 9.08. The number of carbonyl (C=O) groups excluding carboxylic acids is 1. The fraction of sp³-hybridized carbons (Fsp3) is 0.538. The first kappa shape index (κ1) is 13.9. The van der Waals surface area contributed by atoms with Crippen molar-refractivity contribution >= 4 is 23.5 Å². The third-order valence-corrected chi connectivity index (χ3v) is 3.30. The SMILES string of the molecule is O=C(O)CCCCNC(=O)c1cc(Cl)cn1C1CC1. The van der Waals surface area contributed by atoms with E-state index in [1.54, 1.807) is 12.3 Å². The summed E-state index contributed by atoms with van der Waals surface area (Å²) >= 11 is 5.93. The van der Waals surface area contributed by atoms with Gasteiger partial charge in [0.25, 0.3) is 5.91 Å². The Bertz CT molecular complexity index is 480. The van der Waals surface area contributed by atoms with Gasteiger partial charge in [0.2, 0.25) is 0 Å². The highest BCUT2D eigenvalue weighted by atomic mass is 35.5. The van der Waals surface area contributed by atoms with Crippen LogP contribution in [0.25, 0.3) is 0 Å². The van der Waals surface area contributed by atoms with Crippen LogP contribution in [0.4, 0.5) is 0 Å². The molecule has 1 aromatic heterocycles. The monoisotopic (exact) mass is 284 g/mol. The van der Waals surface area contributed by atoms with Crippen molar-refractivity contribution in [3.8, 4) is 0 Å². The lowest BCUT2D eigenvalue weighted by atomic mass is 10.2. The van der Waals surface area contributed by atoms with E-state index in [2.05, 4.69) is 5.32 Å². The summed E-state index contributed by atoms with van der Waals surface area (Å²) in [7, 11) is 0. The van der Waals surface area contributed by atoms with Crippen LogP contribution in [0.3, 0.4) is 0 Å². The Labute approximate surface area is 116 Å². The Morgan fingerprint density at radius 3 is 2.79 bits per heavy atom. The second-order valence-corrected chi connectivity index (χ2v) is 5.23. The fourth-order valence-electron chi connectivity index (χ4n) is 1.98. The molecule has 1 aliphatic rings. The van der Waals surface area contributed by atoms with Crippen LogP contribution in [-0.2, 0) is 4.79 Å². The van der Waals surface area contributed by atoms with Gasteiger partial charge in [-0.25, -0.2) is 0 Å². The Morgan fingerprint density at radius 2 is 2.16 bits per heavy atom. The van der Waals surface area contributed by atoms with Gasteiger partial charge in [-0.3, -0.25) is 9.59 Å². The van der Waals surface area contributed by atoms with Crippen molar-refractivity contribution in [1.82, 2.24) is 9.88 Å². The lowest BCUT2D eigenvalue weighted by molar-refractivity contribution is -0.137. The molecule has 0 radical (unpaired) electrons. The van der Waals surface area contributed by atoms with Crippen LogP contribution in [0.15, 0.2) is 12.3 Å². The van der Waals surface area contributed by atoms with Crippen molar-refractivity contribution in [2.75, 3.05) is 6.54 Å². The number of amides is 1. The van der Waals surface area contributed by atoms with Gasteiger partial charge in [-0.2, -0.15) is 0 Å². The average Bonchev–Trinajstić information content (AvgIpc) is 3.11. The van der Waals surface area contributed by atoms with Crippen LogP contribution in [0.2, 0.25) is 5.02 Å². The molecule has 0 aliphatic heterocycles. The number of aromatic nitrogens is 1. The summed E-state index contributed by atoms with van der Waals surface area (Å²) in [6.45, 7) is 0.486. The summed E-state index contributed by atoms with van der Waals surface area (Å²) < 4.78 is 1.93. The normalized spacial score (nSPS) is 14.4. The van der Waals surface area contributed by atoms with E-state index in [1.807, 2.05) is 4.57 Å². The molecule has 0 spiro atoms. The Balaban J connectivity index is 1.81. The molecule has 0 aromatic carbocycles. The van der Waals surface area contributed by atoms with Crippen LogP contribution in [0.1, 0.15) is 48.6 Å². The number of unbranched alkanes of at least 4 members (excludes halogenated alkanes) is 1. The molecule has 5 nitrogen and oxygen atoms in total. The zero-order valence-corrected chi connectivity index (χ0v) is 11.3. The minimum absolute atomic E-state index is 0.139. The molecular weight excluding hydrogens is 268 g/mol. The molecule has 0 atom stereocenters. The lowest BCUT2D eigenvalue weighted by Gasteiger charge is -2.08. The van der Waals surface area contributed by atoms with Gasteiger partial charge in [-0.05, 0) is 31.7 Å². The first-order valence-electron chi connectivity index (χ1n) is 6.45. The van der Waals surface area contributed by atoms with Crippen molar-refractivity contribution < 1.29 is 14.7 Å². The van der Waals surface area contributed by atoms with Crippen LogP contribution in [0.5, 0.6) is 0 Å². The van der Waals surface area contributed by atoms with Gasteiger partial charge in [0.15, 0.2) is 0 Å². The van der Waals surface area contributed by atoms with Gasteiger partial charge >= 0.3 is 5.97 Å². The van der Waals surface area contributed by atoms with Crippen LogP contribution < -0.4 is 5.32 Å². The third kappa shape index (κ3) is 3.99. The quantitative estimate of drug-likeness (QED) is 0.756. The van der Waals surface area contributed by atoms with E-state index in [-0.39, 0.29) is 12.3 Å². The molecule has 2 N–H and O–H groups in total. The van der Waals surface area contributed by atoms with Crippen LogP contribution in [-0.4, -0.2) is 28.1 Å². The predicted octanol–water partition coefficient (Wildman–Crippen LogP) is 2.46. The molecule has 1 heterocycles. The lowest BCUT2D eigenvalue weighted by Crippen LogP contribution is -2.26. The highest BCUT2D eigenvalue weighted by Crippen LogP contribution is 2.37. The van der Waals surface area contributed by atoms with E-state index in [4.69, 9.17) is 16.7 Å². The number of carboxylic acid groups (broad SMARTS) is 1. The number of carbonyl (C=O) groups is 2. The van der Waals surface area contributed by atoms with Crippen molar-refractivity contribution in [2.45, 2.75) is 38.1 Å². The van der Waals surface area contributed by atoms with Crippen molar-refractivity contribution in [1.29, 1.82) is 0 Å². The zero-order valence-electron chi connectivity index (χ0n) is 10.6. The molecule has 19 heavy (non-hydrogen) atoms. The molecule has 1 amide bonds. The minimum Gasteiger partial charge on any atom is -0.481 e. The number of aliphatic carboxylic acids is 1. The topological polar surface area (TPSA) is 71.3 Å². The largest absolute Gasteiger partial charge is 0.481 e. The Hall–Kier alpha value is -1.49. The average molecular weight is 285 g/mol. The summed E-state index contributed by atoms with van der Waals surface area (Å²) in [6, 6.07) is 2.08. The van der Waals surface area contributed by atoms with Crippen LogP contribution in [0, 0.1) is 0 Å². The molecule has 1 fully saturated rings. The second kappa shape index (κ2) is 6.10. The molecule has 1 aliphatic carbocycles. The van der Waals surface area contributed by atoms with E-state index in [1.165, 1.54) is 0 Å². The van der Waals surface area contributed by atoms with E-state index >= 15 is 0 Å². The highest BCUT2D eigenvalue weighted by Gasteiger charge is 2.27. The van der Waals surface area contributed by atoms with Crippen molar-refractivity contribution in [3.05, 3.63) is 23.0 Å². The molecule has 0 saturated heterocycles. The standard InChI is InChI=1S/C13H17ClN2O3/c14-9-7-11(16(8-9)10-4-5-10)13(19)15-6-2-1-3-12(17)18/h7-8,10H,1-6H2,(H,15,19)(H,17,18). The van der Waals surface area contributed by atoms with E-state index < -0.39 is 5.97 Å². The molecule has 0 bridgehead atoms. The summed E-state index contributed by atoms with van der Waals surface area (Å²) in [4.78, 5) is 22.3. The summed E-state index contributed by atoms with van der Waals surface area (Å²) in [5, 5.41) is 11.9. The van der Waals surface area contributed by atoms with E-state index in [0.29, 0.717) is 36.1 Å². The summed E-state index contributed by atoms with van der Waals surface area (Å²) in [6.07, 6.45) is 5.34. The van der Waals surface area contributed by atoms with Gasteiger partial charge < -0.3 is 15.0 Å². The van der Waals surface area contributed by atoms with Gasteiger partial charge in [0.05, 0.1) is 5.02 Å². The van der Waals surface area contributed by atoms with Gasteiger partial charge in [-0.1, -0.05) is 11.6 Å². The molecule has 6 heteroatoms. The zero-order chi connectivity index (χ0) is 13.8. The number of nitrogens with zero attached hydrogens (tertiary/aromatic N) is 1. The predicted molar refractivity (Wildman–Crippen MR) is 71.5 cm³/mol. The molecule has 2 rings (SSSR count). The maximum atomic E-state index is 12.0. The Kier molecular flexibility index (Phi) is 4.47. The third-order valence-electron chi connectivity index (χ3n) is 3.09. The van der Waals surface area contributed by atoms with E-state index in [9.17, 15) is 9.59 Å². The molecule has 1 saturated carbocycles. The van der Waals surface area contributed by atoms with Crippen molar-refractivity contribution in [2.24, 2.45) is 0 Å². The number of rotatable bonds is 7. The highest BCUT2D eigenvalue weighted by molar-refractivity contribution is 6.31. The van der Waals surface area contributed by atoms with Crippen LogP contribution >= 0.6 is 11.6 Å². The maximum Gasteiger partial charge on any atom is 0.303 e. The molecular formula is C13H17ClN2O3. The number of halogens is 1. The number of carboxylic acids is 1. The fourth-order valence-corrected chi connectivity index (χ4v) is 2.18. The van der Waals surface area contributed by atoms with Gasteiger partial charge in [-0.15, -0.1) is 0 Å². The summed E-state index contributed by atoms with van der Waals surface area (Å²) in [5.74, 6) is -0.949. The molecule has 104 valence electrons. The first-order valence-corrected chi connectivity index (χ1v) is 6.83. The number of nitrogens with one attached hydrogen (secondary N) is 1. The molecule has 0 unspecified atom stereocenters. The maximum absolute atomic E-state index is 12.0. The Morgan fingerprint density at radius 1 is 1.42 bits per heavy atom. The smallest absolute Gasteiger partial charge is 0.303 e. The van der Waals surface area contributed by atoms with Gasteiger partial charge in [0.1, 0.15) is 5.69 Å². The number of hydrogen-bond donors (Lipinski definition) is 2. The summed E-state index contributed by atoms with van der Waals surface area (Å²) in [5.41, 5.74) is 0.589. The van der Waals surface area contributed by atoms with Crippen molar-refractivity contribution in [3.63, 3.8) is 0 Å². The molecule has 1 aromatic rings. The van der Waals surface area contributed by atoms with E-state index in [0.717, 1.165) is 12.8 Å². The minimum atomic E-state index is -0.805. The number of hydrogen-bond acceptors (Lipinski definition) is 2. The van der Waals surface area contributed by atoms with Gasteiger partial charge in [0, 0.05) is 25.2 Å².